The van der Waals surface area contributed by atoms with E-state index < -0.39 is 0 Å². The molecule has 0 atom stereocenters. The average molecular weight is 454 g/mol. The molecule has 1 aliphatic heterocycles. The number of fused-ring (bicyclic) bond motifs is 2. The molecule has 3 heterocycles. The second kappa shape index (κ2) is 8.61. The second-order valence-corrected chi connectivity index (χ2v) is 8.49. The fourth-order valence-electron chi connectivity index (χ4n) is 3.59. The molecule has 158 valence electrons. The van der Waals surface area contributed by atoms with Gasteiger partial charge in [0.05, 0.1) is 17.1 Å². The van der Waals surface area contributed by atoms with Crippen molar-refractivity contribution in [2.75, 3.05) is 19.8 Å². The number of benzene rings is 2. The molecule has 4 aromatic rings. The summed E-state index contributed by atoms with van der Waals surface area (Å²) in [7, 11) is 0. The van der Waals surface area contributed by atoms with Crippen molar-refractivity contribution in [3.05, 3.63) is 70.3 Å². The van der Waals surface area contributed by atoms with Crippen LogP contribution in [0, 0.1) is 0 Å². The summed E-state index contributed by atoms with van der Waals surface area (Å²) in [4.78, 5) is 18.1. The fraction of sp³-hybridized carbons (Fsp3) is 0.217. The maximum Gasteiger partial charge on any atom is 0.225 e. The van der Waals surface area contributed by atoms with E-state index in [9.17, 15) is 4.79 Å². The standard InChI is InChI=1S/C23H20ClN3O3S/c24-18-10-15(11-20-22(18)30-9-8-29-20)6-7-25-21(28)12-17-14-31-23-26-19(13-27(17)23)16-4-2-1-3-5-16/h1-5,10-11,13-14H,6-9,12H2,(H,25,28). The van der Waals surface area contributed by atoms with Crippen molar-refractivity contribution in [3.63, 3.8) is 0 Å². The first-order valence-electron chi connectivity index (χ1n) is 10.0. The van der Waals surface area contributed by atoms with Crippen LogP contribution in [0.1, 0.15) is 11.3 Å². The highest BCUT2D eigenvalue weighted by molar-refractivity contribution is 7.15. The van der Waals surface area contributed by atoms with Gasteiger partial charge in [0, 0.05) is 29.4 Å². The van der Waals surface area contributed by atoms with Crippen LogP contribution in [0.4, 0.5) is 0 Å². The Labute approximate surface area is 188 Å². The summed E-state index contributed by atoms with van der Waals surface area (Å²) in [6.45, 7) is 1.53. The van der Waals surface area contributed by atoms with Crippen molar-refractivity contribution in [1.29, 1.82) is 0 Å². The maximum atomic E-state index is 12.5. The third-order valence-electron chi connectivity index (χ3n) is 5.09. The topological polar surface area (TPSA) is 64.9 Å². The largest absolute Gasteiger partial charge is 0.486 e. The Hall–Kier alpha value is -3.03. The van der Waals surface area contributed by atoms with Gasteiger partial charge in [-0.25, -0.2) is 4.98 Å². The van der Waals surface area contributed by atoms with Crippen LogP contribution < -0.4 is 14.8 Å². The van der Waals surface area contributed by atoms with Crippen LogP contribution in [0.3, 0.4) is 0 Å². The van der Waals surface area contributed by atoms with E-state index in [1.54, 1.807) is 0 Å². The molecule has 2 aromatic heterocycles. The maximum absolute atomic E-state index is 12.5. The number of nitrogens with zero attached hydrogens (tertiary/aromatic N) is 2. The molecule has 1 N–H and O–H groups in total. The van der Waals surface area contributed by atoms with E-state index in [0.29, 0.717) is 49.1 Å². The molecule has 6 nitrogen and oxygen atoms in total. The van der Waals surface area contributed by atoms with E-state index in [-0.39, 0.29) is 5.91 Å². The fourth-order valence-corrected chi connectivity index (χ4v) is 4.75. The molecular weight excluding hydrogens is 434 g/mol. The van der Waals surface area contributed by atoms with Crippen LogP contribution in [-0.4, -0.2) is 35.1 Å². The van der Waals surface area contributed by atoms with Crippen LogP contribution in [0.5, 0.6) is 11.5 Å². The first-order valence-corrected chi connectivity index (χ1v) is 11.3. The highest BCUT2D eigenvalue weighted by Gasteiger charge is 2.17. The predicted octanol–water partition coefficient (Wildman–Crippen LogP) is 4.39. The Morgan fingerprint density at radius 2 is 2.03 bits per heavy atom. The number of hydrogen-bond acceptors (Lipinski definition) is 5. The van der Waals surface area contributed by atoms with E-state index in [1.807, 2.05) is 58.4 Å². The van der Waals surface area contributed by atoms with Crippen molar-refractivity contribution in [2.24, 2.45) is 0 Å². The summed E-state index contributed by atoms with van der Waals surface area (Å²) in [6, 6.07) is 13.8. The third kappa shape index (κ3) is 4.24. The molecule has 0 spiro atoms. The number of imidazole rings is 1. The van der Waals surface area contributed by atoms with Gasteiger partial charge < -0.3 is 14.8 Å². The SMILES string of the molecule is O=C(Cc1csc2nc(-c3ccccc3)cn12)NCCc1cc(Cl)c2c(c1)OCCO2. The van der Waals surface area contributed by atoms with Crippen LogP contribution in [0.2, 0.25) is 5.02 Å². The van der Waals surface area contributed by atoms with E-state index in [0.717, 1.165) is 27.5 Å². The van der Waals surface area contributed by atoms with Crippen molar-refractivity contribution in [3.8, 4) is 22.8 Å². The van der Waals surface area contributed by atoms with Crippen molar-refractivity contribution in [1.82, 2.24) is 14.7 Å². The Kier molecular flexibility index (Phi) is 5.53. The molecule has 0 saturated carbocycles. The first-order chi connectivity index (χ1) is 15.2. The number of aromatic nitrogens is 2. The highest BCUT2D eigenvalue weighted by atomic mass is 35.5. The summed E-state index contributed by atoms with van der Waals surface area (Å²) >= 11 is 7.82. The molecule has 0 radical (unpaired) electrons. The zero-order chi connectivity index (χ0) is 21.2. The molecule has 0 unspecified atom stereocenters. The van der Waals surface area contributed by atoms with Crippen molar-refractivity contribution < 1.29 is 14.3 Å². The van der Waals surface area contributed by atoms with Gasteiger partial charge in [-0.3, -0.25) is 9.20 Å². The lowest BCUT2D eigenvalue weighted by Gasteiger charge is -2.20. The molecule has 0 saturated heterocycles. The van der Waals surface area contributed by atoms with Gasteiger partial charge in [0.25, 0.3) is 0 Å². The number of halogens is 1. The molecule has 8 heteroatoms. The molecule has 5 rings (SSSR count). The number of carbonyl (C=O) groups excluding carboxylic acids is 1. The minimum Gasteiger partial charge on any atom is -0.486 e. The summed E-state index contributed by atoms with van der Waals surface area (Å²) in [6.07, 6.45) is 2.94. The molecule has 31 heavy (non-hydrogen) atoms. The number of carbonyl (C=O) groups is 1. The van der Waals surface area contributed by atoms with E-state index >= 15 is 0 Å². The summed E-state index contributed by atoms with van der Waals surface area (Å²) < 4.78 is 13.1. The van der Waals surface area contributed by atoms with Gasteiger partial charge >= 0.3 is 0 Å². The number of hydrogen-bond donors (Lipinski definition) is 1. The number of rotatable bonds is 6. The van der Waals surface area contributed by atoms with Crippen LogP contribution in [-0.2, 0) is 17.6 Å². The summed E-state index contributed by atoms with van der Waals surface area (Å²) in [5, 5.41) is 5.51. The smallest absolute Gasteiger partial charge is 0.225 e. The van der Waals surface area contributed by atoms with Crippen LogP contribution in [0.15, 0.2) is 54.0 Å². The van der Waals surface area contributed by atoms with E-state index in [4.69, 9.17) is 21.1 Å². The normalized spacial score (nSPS) is 12.8. The zero-order valence-corrected chi connectivity index (χ0v) is 18.2. The quantitative estimate of drug-likeness (QED) is 0.470. The Morgan fingerprint density at radius 3 is 2.90 bits per heavy atom. The summed E-state index contributed by atoms with van der Waals surface area (Å²) in [5.74, 6) is 1.23. The second-order valence-electron chi connectivity index (χ2n) is 7.25. The predicted molar refractivity (Wildman–Crippen MR) is 121 cm³/mol. The molecule has 0 aliphatic carbocycles. The van der Waals surface area contributed by atoms with E-state index in [1.165, 1.54) is 11.3 Å². The molecule has 0 fully saturated rings. The lowest BCUT2D eigenvalue weighted by Crippen LogP contribution is -2.27. The van der Waals surface area contributed by atoms with Crippen LogP contribution >= 0.6 is 22.9 Å². The number of ether oxygens (including phenoxy) is 2. The van der Waals surface area contributed by atoms with Crippen LogP contribution in [0.25, 0.3) is 16.2 Å². The monoisotopic (exact) mass is 453 g/mol. The third-order valence-corrected chi connectivity index (χ3v) is 6.26. The molecule has 1 amide bonds. The van der Waals surface area contributed by atoms with Gasteiger partial charge in [-0.15, -0.1) is 11.3 Å². The van der Waals surface area contributed by atoms with Gasteiger partial charge in [-0.1, -0.05) is 41.9 Å². The summed E-state index contributed by atoms with van der Waals surface area (Å²) in [5.41, 5.74) is 3.89. The number of thiazole rings is 1. The molecule has 2 aromatic carbocycles. The number of nitrogens with one attached hydrogen (secondary N) is 1. The molecular formula is C23H20ClN3O3S. The average Bonchev–Trinajstić information content (AvgIpc) is 3.36. The highest BCUT2D eigenvalue weighted by Crippen LogP contribution is 2.38. The lowest BCUT2D eigenvalue weighted by molar-refractivity contribution is -0.120. The van der Waals surface area contributed by atoms with Gasteiger partial charge in [0.1, 0.15) is 13.2 Å². The minimum absolute atomic E-state index is 0.0294. The Bertz CT molecular complexity index is 1240. The first kappa shape index (κ1) is 19.9. The van der Waals surface area contributed by atoms with Crippen molar-refractivity contribution >= 4 is 33.8 Å². The minimum atomic E-state index is -0.0294. The van der Waals surface area contributed by atoms with Crippen molar-refractivity contribution in [2.45, 2.75) is 12.8 Å². The molecule has 1 aliphatic rings. The Balaban J connectivity index is 1.21. The zero-order valence-electron chi connectivity index (χ0n) is 16.6. The lowest BCUT2D eigenvalue weighted by atomic mass is 10.1. The Morgan fingerprint density at radius 1 is 1.19 bits per heavy atom. The van der Waals surface area contributed by atoms with E-state index in [2.05, 4.69) is 10.3 Å². The van der Waals surface area contributed by atoms with Gasteiger partial charge in [-0.2, -0.15) is 0 Å². The number of amides is 1. The molecule has 0 bridgehead atoms. The van der Waals surface area contributed by atoms with Gasteiger partial charge in [0.15, 0.2) is 16.5 Å². The van der Waals surface area contributed by atoms with Gasteiger partial charge in [-0.05, 0) is 24.1 Å². The van der Waals surface area contributed by atoms with Gasteiger partial charge in [0.2, 0.25) is 5.91 Å².